The Kier molecular flexibility index (Phi) is 6.73. The highest BCUT2D eigenvalue weighted by Crippen LogP contribution is 2.31. The van der Waals surface area contributed by atoms with Crippen molar-refractivity contribution in [2.45, 2.75) is 6.42 Å². The van der Waals surface area contributed by atoms with Crippen molar-refractivity contribution in [3.8, 4) is 11.5 Å². The van der Waals surface area contributed by atoms with Gasteiger partial charge in [-0.3, -0.25) is 20.4 Å². The van der Waals surface area contributed by atoms with Crippen molar-refractivity contribution in [1.82, 2.24) is 10.9 Å². The number of halogens is 1. The molecule has 0 aliphatic heterocycles. The highest BCUT2D eigenvalue weighted by Gasteiger charge is 2.08. The summed E-state index contributed by atoms with van der Waals surface area (Å²) in [5.41, 5.74) is 5.86. The fraction of sp³-hybridized carbons (Fsp3) is 0.158. The van der Waals surface area contributed by atoms with E-state index in [9.17, 15) is 14.0 Å². The van der Waals surface area contributed by atoms with Gasteiger partial charge in [-0.1, -0.05) is 24.3 Å². The van der Waals surface area contributed by atoms with Crippen LogP contribution in [0, 0.1) is 5.82 Å². The number of hydrogen-bond donors (Lipinski definition) is 2. The maximum Gasteiger partial charge on any atom is 0.262 e. The minimum atomic E-state index is -0.512. The van der Waals surface area contributed by atoms with Crippen molar-refractivity contribution in [2.75, 3.05) is 14.2 Å². The van der Waals surface area contributed by atoms with Gasteiger partial charge in [0.05, 0.1) is 20.6 Å². The number of amides is 2. The van der Waals surface area contributed by atoms with Gasteiger partial charge in [0.1, 0.15) is 5.82 Å². The van der Waals surface area contributed by atoms with Gasteiger partial charge in [0.25, 0.3) is 5.91 Å². The van der Waals surface area contributed by atoms with E-state index < -0.39 is 11.8 Å². The Morgan fingerprint density at radius 1 is 1.04 bits per heavy atom. The van der Waals surface area contributed by atoms with Crippen molar-refractivity contribution in [1.29, 1.82) is 0 Å². The molecule has 0 radical (unpaired) electrons. The number of hydrogen-bond acceptors (Lipinski definition) is 4. The SMILES string of the molecule is COc1cccc(/C=C/C(=O)NNC(=O)Cc2ccc(F)cc2)c1OC. The summed E-state index contributed by atoms with van der Waals surface area (Å²) in [4.78, 5) is 23.6. The molecule has 2 N–H and O–H groups in total. The van der Waals surface area contributed by atoms with Crippen LogP contribution in [-0.4, -0.2) is 26.0 Å². The highest BCUT2D eigenvalue weighted by molar-refractivity contribution is 5.93. The Hall–Kier alpha value is -3.35. The maximum atomic E-state index is 12.8. The average molecular weight is 358 g/mol. The van der Waals surface area contributed by atoms with Gasteiger partial charge in [0.15, 0.2) is 11.5 Å². The van der Waals surface area contributed by atoms with Gasteiger partial charge in [-0.05, 0) is 29.8 Å². The lowest BCUT2D eigenvalue weighted by Crippen LogP contribution is -2.41. The summed E-state index contributed by atoms with van der Waals surface area (Å²) in [5, 5.41) is 0. The van der Waals surface area contributed by atoms with Gasteiger partial charge < -0.3 is 9.47 Å². The third-order valence-electron chi connectivity index (χ3n) is 3.45. The molecule has 0 unspecified atom stereocenters. The number of para-hydroxylation sites is 1. The fourth-order valence-corrected chi connectivity index (χ4v) is 2.21. The molecule has 2 aromatic rings. The third kappa shape index (κ3) is 5.34. The topological polar surface area (TPSA) is 76.7 Å². The molecule has 0 aromatic heterocycles. The number of methoxy groups -OCH3 is 2. The van der Waals surface area contributed by atoms with Gasteiger partial charge in [-0.25, -0.2) is 4.39 Å². The first kappa shape index (κ1) is 19.0. The molecule has 7 heteroatoms. The Labute approximate surface area is 150 Å². The van der Waals surface area contributed by atoms with E-state index in [4.69, 9.17) is 9.47 Å². The summed E-state index contributed by atoms with van der Waals surface area (Å²) >= 11 is 0. The zero-order valence-corrected chi connectivity index (χ0v) is 14.4. The standard InChI is InChI=1S/C19H19FN2O4/c1-25-16-5-3-4-14(19(16)26-2)8-11-17(23)21-22-18(24)12-13-6-9-15(20)10-7-13/h3-11H,12H2,1-2H3,(H,21,23)(H,22,24)/b11-8+. The number of benzene rings is 2. The Morgan fingerprint density at radius 2 is 1.77 bits per heavy atom. The summed E-state index contributed by atoms with van der Waals surface area (Å²) in [5.74, 6) is -0.262. The summed E-state index contributed by atoms with van der Waals surface area (Å²) in [6.07, 6.45) is 2.83. The monoisotopic (exact) mass is 358 g/mol. The van der Waals surface area contributed by atoms with E-state index in [2.05, 4.69) is 10.9 Å². The number of ether oxygens (including phenoxy) is 2. The van der Waals surface area contributed by atoms with Crippen molar-refractivity contribution in [2.24, 2.45) is 0 Å². The largest absolute Gasteiger partial charge is 0.493 e. The number of hydrazine groups is 1. The first-order valence-corrected chi connectivity index (χ1v) is 7.76. The predicted molar refractivity (Wildman–Crippen MR) is 95.0 cm³/mol. The predicted octanol–water partition coefficient (Wildman–Crippen LogP) is 2.25. The highest BCUT2D eigenvalue weighted by atomic mass is 19.1. The number of carbonyl (C=O) groups excluding carboxylic acids is 2. The molecule has 2 rings (SSSR count). The molecule has 6 nitrogen and oxygen atoms in total. The van der Waals surface area contributed by atoms with Crippen LogP contribution in [0.2, 0.25) is 0 Å². The number of rotatable bonds is 6. The van der Waals surface area contributed by atoms with Gasteiger partial charge >= 0.3 is 0 Å². The quantitative estimate of drug-likeness (QED) is 0.613. The molecule has 0 saturated carbocycles. The minimum absolute atomic E-state index is 0.0218. The molecule has 136 valence electrons. The third-order valence-corrected chi connectivity index (χ3v) is 3.45. The van der Waals surface area contributed by atoms with Crippen LogP contribution in [0.1, 0.15) is 11.1 Å². The van der Waals surface area contributed by atoms with E-state index >= 15 is 0 Å². The van der Waals surface area contributed by atoms with Crippen LogP contribution in [0.5, 0.6) is 11.5 Å². The van der Waals surface area contributed by atoms with Crippen molar-refractivity contribution >= 4 is 17.9 Å². The Morgan fingerprint density at radius 3 is 2.42 bits per heavy atom. The van der Waals surface area contributed by atoms with Crippen molar-refractivity contribution in [3.63, 3.8) is 0 Å². The summed E-state index contributed by atoms with van der Waals surface area (Å²) in [6, 6.07) is 10.8. The van der Waals surface area contributed by atoms with Crippen LogP contribution in [-0.2, 0) is 16.0 Å². The van der Waals surface area contributed by atoms with E-state index in [-0.39, 0.29) is 12.2 Å². The van der Waals surface area contributed by atoms with Crippen molar-refractivity contribution < 1.29 is 23.5 Å². The van der Waals surface area contributed by atoms with Crippen LogP contribution in [0.15, 0.2) is 48.5 Å². The van der Waals surface area contributed by atoms with E-state index in [1.807, 2.05) is 0 Å². The molecule has 2 aromatic carbocycles. The first-order valence-electron chi connectivity index (χ1n) is 7.76. The lowest BCUT2D eigenvalue weighted by atomic mass is 10.1. The molecule has 0 atom stereocenters. The second kappa shape index (κ2) is 9.22. The number of carbonyl (C=O) groups is 2. The molecule has 0 spiro atoms. The minimum Gasteiger partial charge on any atom is -0.493 e. The van der Waals surface area contributed by atoms with Crippen LogP contribution in [0.25, 0.3) is 6.08 Å². The number of nitrogens with one attached hydrogen (secondary N) is 2. The zero-order valence-electron chi connectivity index (χ0n) is 14.4. The van der Waals surface area contributed by atoms with Crippen LogP contribution in [0.4, 0.5) is 4.39 Å². The normalized spacial score (nSPS) is 10.4. The Balaban J connectivity index is 1.89. The zero-order chi connectivity index (χ0) is 18.9. The summed E-state index contributed by atoms with van der Waals surface area (Å²) < 4.78 is 23.3. The van der Waals surface area contributed by atoms with Gasteiger partial charge in [0, 0.05) is 11.6 Å². The van der Waals surface area contributed by atoms with Gasteiger partial charge in [-0.15, -0.1) is 0 Å². The van der Waals surface area contributed by atoms with E-state index in [0.29, 0.717) is 22.6 Å². The molecule has 0 fully saturated rings. The van der Waals surface area contributed by atoms with Gasteiger partial charge in [0.2, 0.25) is 5.91 Å². The van der Waals surface area contributed by atoms with Gasteiger partial charge in [-0.2, -0.15) is 0 Å². The smallest absolute Gasteiger partial charge is 0.262 e. The van der Waals surface area contributed by atoms with Crippen LogP contribution < -0.4 is 20.3 Å². The van der Waals surface area contributed by atoms with Crippen LogP contribution >= 0.6 is 0 Å². The molecular formula is C19H19FN2O4. The van der Waals surface area contributed by atoms with Crippen LogP contribution in [0.3, 0.4) is 0 Å². The molecule has 0 saturated heterocycles. The lowest BCUT2D eigenvalue weighted by Gasteiger charge is -2.10. The summed E-state index contributed by atoms with van der Waals surface area (Å²) in [7, 11) is 3.03. The lowest BCUT2D eigenvalue weighted by molar-refractivity contribution is -0.126. The Bertz CT molecular complexity index is 804. The molecule has 2 amide bonds. The molecule has 0 aliphatic rings. The van der Waals surface area contributed by atoms with E-state index in [0.717, 1.165) is 0 Å². The molecule has 0 heterocycles. The molecular weight excluding hydrogens is 339 g/mol. The maximum absolute atomic E-state index is 12.8. The first-order chi connectivity index (χ1) is 12.5. The second-order valence-corrected chi connectivity index (χ2v) is 5.26. The summed E-state index contributed by atoms with van der Waals surface area (Å²) in [6.45, 7) is 0. The van der Waals surface area contributed by atoms with E-state index in [1.165, 1.54) is 44.6 Å². The van der Waals surface area contributed by atoms with Crippen molar-refractivity contribution in [3.05, 3.63) is 65.5 Å². The van der Waals surface area contributed by atoms with E-state index in [1.54, 1.807) is 24.3 Å². The molecule has 0 aliphatic carbocycles. The molecule has 0 bridgehead atoms. The molecule has 26 heavy (non-hydrogen) atoms. The average Bonchev–Trinajstić information content (AvgIpc) is 2.66. The fourth-order valence-electron chi connectivity index (χ4n) is 2.21. The second-order valence-electron chi connectivity index (χ2n) is 5.26.